The number of aromatic amines is 1. The summed E-state index contributed by atoms with van der Waals surface area (Å²) in [4.78, 5) is 29.0. The van der Waals surface area contributed by atoms with Crippen molar-refractivity contribution in [3.63, 3.8) is 0 Å². The van der Waals surface area contributed by atoms with Gasteiger partial charge in [-0.05, 0) is 38.1 Å². The number of rotatable bonds is 4. The van der Waals surface area contributed by atoms with Crippen LogP contribution in [0.1, 0.15) is 28.2 Å². The van der Waals surface area contributed by atoms with E-state index in [1.54, 1.807) is 18.6 Å². The van der Waals surface area contributed by atoms with Crippen LogP contribution in [0, 0.1) is 13.8 Å². The first kappa shape index (κ1) is 18.5. The van der Waals surface area contributed by atoms with Gasteiger partial charge >= 0.3 is 0 Å². The molecule has 4 rings (SSSR count). The van der Waals surface area contributed by atoms with Gasteiger partial charge in [-0.15, -0.1) is 0 Å². The van der Waals surface area contributed by atoms with E-state index in [-0.39, 0.29) is 5.91 Å². The molecule has 4 heterocycles. The summed E-state index contributed by atoms with van der Waals surface area (Å²) in [6.07, 6.45) is 6.67. The average molecular weight is 379 g/mol. The molecule has 8 nitrogen and oxygen atoms in total. The predicted octanol–water partition coefficient (Wildman–Crippen LogP) is 1.09. The minimum absolute atomic E-state index is 0.229. The van der Waals surface area contributed by atoms with E-state index in [2.05, 4.69) is 56.2 Å². The molecule has 0 atom stereocenters. The molecule has 1 saturated heterocycles. The number of carbonyl (C=O) groups excluding carboxylic acids is 1. The zero-order valence-corrected chi connectivity index (χ0v) is 16.5. The number of H-pyrrole nitrogens is 1. The molecule has 2 aromatic rings. The second-order valence-corrected chi connectivity index (χ2v) is 7.40. The predicted molar refractivity (Wildman–Crippen MR) is 108 cm³/mol. The first-order chi connectivity index (χ1) is 13.5. The van der Waals surface area contributed by atoms with Crippen LogP contribution in [0.2, 0.25) is 0 Å². The number of amides is 1. The summed E-state index contributed by atoms with van der Waals surface area (Å²) in [5, 5.41) is 4.14. The van der Waals surface area contributed by atoms with Crippen molar-refractivity contribution in [3.05, 3.63) is 52.4 Å². The number of hydrogen-bond donors (Lipinski definition) is 2. The van der Waals surface area contributed by atoms with Crippen LogP contribution in [0.25, 0.3) is 6.08 Å². The second kappa shape index (κ2) is 7.65. The monoisotopic (exact) mass is 379 g/mol. The summed E-state index contributed by atoms with van der Waals surface area (Å²) in [6.45, 7) is 9.45. The number of piperazine rings is 1. The maximum absolute atomic E-state index is 12.3. The van der Waals surface area contributed by atoms with Crippen LogP contribution in [-0.2, 0) is 11.3 Å². The number of likely N-dealkylation sites (N-methyl/N-ethyl adjacent to an activating group) is 1. The SMILES string of the molecule is Cc1[nH]c(/C=C2/C(=O)NN=C2c2cnccn2)c(C)c1CN1CCN(C)CC1. The number of aromatic nitrogens is 3. The Morgan fingerprint density at radius 2 is 1.96 bits per heavy atom. The van der Waals surface area contributed by atoms with E-state index < -0.39 is 0 Å². The maximum Gasteiger partial charge on any atom is 0.273 e. The number of carbonyl (C=O) groups is 1. The van der Waals surface area contributed by atoms with Crippen LogP contribution in [0.4, 0.5) is 0 Å². The molecule has 1 amide bonds. The lowest BCUT2D eigenvalue weighted by molar-refractivity contribution is -0.116. The zero-order chi connectivity index (χ0) is 19.7. The van der Waals surface area contributed by atoms with Crippen molar-refractivity contribution < 1.29 is 4.79 Å². The van der Waals surface area contributed by atoms with Crippen LogP contribution in [0.5, 0.6) is 0 Å². The van der Waals surface area contributed by atoms with Gasteiger partial charge in [0.2, 0.25) is 0 Å². The Labute approximate surface area is 164 Å². The van der Waals surface area contributed by atoms with Crippen LogP contribution in [0.3, 0.4) is 0 Å². The highest BCUT2D eigenvalue weighted by Crippen LogP contribution is 2.24. The van der Waals surface area contributed by atoms with E-state index in [4.69, 9.17) is 0 Å². The Morgan fingerprint density at radius 3 is 2.68 bits per heavy atom. The van der Waals surface area contributed by atoms with Gasteiger partial charge < -0.3 is 9.88 Å². The molecule has 0 aliphatic carbocycles. The normalized spacial score (nSPS) is 19.9. The fourth-order valence-electron chi connectivity index (χ4n) is 3.66. The van der Waals surface area contributed by atoms with Gasteiger partial charge in [-0.2, -0.15) is 5.10 Å². The van der Waals surface area contributed by atoms with Crippen LogP contribution in [0.15, 0.2) is 29.3 Å². The summed E-state index contributed by atoms with van der Waals surface area (Å²) >= 11 is 0. The molecule has 0 bridgehead atoms. The minimum Gasteiger partial charge on any atom is -0.359 e. The van der Waals surface area contributed by atoms with Crippen molar-refractivity contribution in [3.8, 4) is 0 Å². The van der Waals surface area contributed by atoms with Gasteiger partial charge in [-0.1, -0.05) is 0 Å². The number of nitrogens with one attached hydrogen (secondary N) is 2. The van der Waals surface area contributed by atoms with E-state index in [1.165, 1.54) is 11.1 Å². The molecule has 8 heteroatoms. The second-order valence-electron chi connectivity index (χ2n) is 7.40. The molecule has 0 aromatic carbocycles. The summed E-state index contributed by atoms with van der Waals surface area (Å²) in [7, 11) is 2.16. The number of aryl methyl sites for hydroxylation is 1. The van der Waals surface area contributed by atoms with Crippen LogP contribution >= 0.6 is 0 Å². The molecule has 0 saturated carbocycles. The summed E-state index contributed by atoms with van der Waals surface area (Å²) in [5.41, 5.74) is 8.67. The lowest BCUT2D eigenvalue weighted by Gasteiger charge is -2.32. The Hall–Kier alpha value is -2.84. The van der Waals surface area contributed by atoms with Gasteiger partial charge in [0.05, 0.1) is 11.8 Å². The van der Waals surface area contributed by atoms with Crippen molar-refractivity contribution in [1.82, 2.24) is 30.2 Å². The fraction of sp³-hybridized carbons (Fsp3) is 0.400. The molecule has 0 spiro atoms. The van der Waals surface area contributed by atoms with Gasteiger partial charge in [-0.25, -0.2) is 5.43 Å². The Morgan fingerprint density at radius 1 is 1.18 bits per heavy atom. The molecule has 2 aliphatic heterocycles. The molecule has 1 fully saturated rings. The summed E-state index contributed by atoms with van der Waals surface area (Å²) in [6, 6.07) is 0. The smallest absolute Gasteiger partial charge is 0.273 e. The number of hydrazone groups is 1. The summed E-state index contributed by atoms with van der Waals surface area (Å²) < 4.78 is 0. The topological polar surface area (TPSA) is 89.5 Å². The molecule has 0 unspecified atom stereocenters. The first-order valence-electron chi connectivity index (χ1n) is 9.48. The Balaban J connectivity index is 1.61. The van der Waals surface area contributed by atoms with Crippen molar-refractivity contribution in [2.24, 2.45) is 5.10 Å². The van der Waals surface area contributed by atoms with Crippen molar-refractivity contribution in [2.45, 2.75) is 20.4 Å². The van der Waals surface area contributed by atoms with Gasteiger partial charge in [0.1, 0.15) is 11.4 Å². The molecule has 2 aliphatic rings. The van der Waals surface area contributed by atoms with Crippen molar-refractivity contribution in [1.29, 1.82) is 0 Å². The van der Waals surface area contributed by atoms with Crippen molar-refractivity contribution in [2.75, 3.05) is 33.2 Å². The first-order valence-corrected chi connectivity index (χ1v) is 9.48. The summed E-state index contributed by atoms with van der Waals surface area (Å²) in [5.74, 6) is -0.229. The Kier molecular flexibility index (Phi) is 5.06. The van der Waals surface area contributed by atoms with E-state index in [1.807, 2.05) is 6.08 Å². The van der Waals surface area contributed by atoms with Crippen molar-refractivity contribution >= 4 is 17.7 Å². The lowest BCUT2D eigenvalue weighted by atomic mass is 10.0. The fourth-order valence-corrected chi connectivity index (χ4v) is 3.66. The van der Waals surface area contributed by atoms with Crippen LogP contribution < -0.4 is 5.43 Å². The molecule has 2 N–H and O–H groups in total. The molecule has 0 radical (unpaired) electrons. The molecule has 28 heavy (non-hydrogen) atoms. The highest BCUT2D eigenvalue weighted by Gasteiger charge is 2.26. The molecule has 2 aromatic heterocycles. The maximum atomic E-state index is 12.3. The van der Waals surface area contributed by atoms with E-state index in [0.29, 0.717) is 17.0 Å². The number of nitrogens with zero attached hydrogens (tertiary/aromatic N) is 5. The highest BCUT2D eigenvalue weighted by atomic mass is 16.2. The van der Waals surface area contributed by atoms with Gasteiger partial charge in [0, 0.05) is 56.5 Å². The zero-order valence-electron chi connectivity index (χ0n) is 16.5. The quantitative estimate of drug-likeness (QED) is 0.776. The largest absolute Gasteiger partial charge is 0.359 e. The van der Waals surface area contributed by atoms with Crippen LogP contribution in [-0.4, -0.2) is 69.6 Å². The van der Waals surface area contributed by atoms with Gasteiger partial charge in [0.25, 0.3) is 5.91 Å². The minimum atomic E-state index is -0.229. The van der Waals surface area contributed by atoms with E-state index in [0.717, 1.165) is 44.1 Å². The molecular formula is C20H25N7O. The molecular weight excluding hydrogens is 354 g/mol. The lowest BCUT2D eigenvalue weighted by Crippen LogP contribution is -2.44. The van der Waals surface area contributed by atoms with E-state index in [9.17, 15) is 4.79 Å². The van der Waals surface area contributed by atoms with Gasteiger partial charge in [-0.3, -0.25) is 19.7 Å². The molecule has 146 valence electrons. The third kappa shape index (κ3) is 3.61. The van der Waals surface area contributed by atoms with E-state index >= 15 is 0 Å². The standard InChI is InChI=1S/C20H25N7O/c1-13-16(12-27-8-6-26(3)7-9-27)14(2)23-17(13)10-15-19(24-25-20(15)28)18-11-21-4-5-22-18/h4-5,10-11,23H,6-9,12H2,1-3H3,(H,25,28)/b15-10+. The third-order valence-corrected chi connectivity index (χ3v) is 5.47. The van der Waals surface area contributed by atoms with Gasteiger partial charge in [0.15, 0.2) is 0 Å². The third-order valence-electron chi connectivity index (χ3n) is 5.47. The highest BCUT2D eigenvalue weighted by molar-refractivity contribution is 6.32. The average Bonchev–Trinajstić information content (AvgIpc) is 3.19. The Bertz CT molecular complexity index is 937. The number of hydrogen-bond acceptors (Lipinski definition) is 6.